The number of hydrogen-bond acceptors (Lipinski definition) is 4. The smallest absolute Gasteiger partial charge is 0.246 e. The van der Waals surface area contributed by atoms with E-state index < -0.39 is 10.0 Å². The molecule has 6 heteroatoms. The van der Waals surface area contributed by atoms with Gasteiger partial charge in [0.05, 0.1) is 6.61 Å². The van der Waals surface area contributed by atoms with Crippen LogP contribution in [-0.2, 0) is 16.4 Å². The number of ether oxygens (including phenoxy) is 1. The molecule has 0 saturated heterocycles. The molecule has 118 valence electrons. The molecule has 0 aromatic heterocycles. The maximum atomic E-state index is 12.8. The normalized spacial score (nSPS) is 15.7. The van der Waals surface area contributed by atoms with Crippen LogP contribution in [0.2, 0.25) is 0 Å². The molecule has 0 unspecified atom stereocenters. The molecule has 2 rings (SSSR count). The van der Waals surface area contributed by atoms with E-state index in [4.69, 9.17) is 10.5 Å². The molecule has 0 saturated carbocycles. The molecule has 0 bridgehead atoms. The fourth-order valence-corrected chi connectivity index (χ4v) is 4.18. The number of fused-ring (bicyclic) bond motifs is 1. The number of aryl methyl sites for hydroxylation is 1. The van der Waals surface area contributed by atoms with Crippen LogP contribution < -0.4 is 10.5 Å². The molecule has 5 nitrogen and oxygen atoms in total. The summed E-state index contributed by atoms with van der Waals surface area (Å²) in [5, 5.41) is 0. The molecule has 0 spiro atoms. The first-order valence-corrected chi connectivity index (χ1v) is 8.57. The van der Waals surface area contributed by atoms with Gasteiger partial charge >= 0.3 is 0 Å². The number of hydrogen-bond donors (Lipinski definition) is 1. The summed E-state index contributed by atoms with van der Waals surface area (Å²) in [4.78, 5) is 0.184. The van der Waals surface area contributed by atoms with E-state index in [2.05, 4.69) is 0 Å². The zero-order valence-corrected chi connectivity index (χ0v) is 14.0. The van der Waals surface area contributed by atoms with Crippen LogP contribution in [0.4, 0.5) is 5.69 Å². The molecule has 0 atom stereocenters. The van der Waals surface area contributed by atoms with Gasteiger partial charge in [-0.15, -0.1) is 0 Å². The van der Waals surface area contributed by atoms with E-state index >= 15 is 0 Å². The van der Waals surface area contributed by atoms with E-state index in [1.54, 1.807) is 13.1 Å². The Morgan fingerprint density at radius 3 is 2.62 bits per heavy atom. The summed E-state index contributed by atoms with van der Waals surface area (Å²) in [6.45, 7) is 6.99. The summed E-state index contributed by atoms with van der Waals surface area (Å²) >= 11 is 0. The molecule has 1 heterocycles. The Balaban J connectivity index is 2.47. The third kappa shape index (κ3) is 3.49. The van der Waals surface area contributed by atoms with Gasteiger partial charge in [-0.25, -0.2) is 12.7 Å². The third-order valence-corrected chi connectivity index (χ3v) is 5.18. The Kier molecular flexibility index (Phi) is 4.22. The molecular weight excluding hydrogens is 288 g/mol. The van der Waals surface area contributed by atoms with Crippen molar-refractivity contribution >= 4 is 15.7 Å². The van der Waals surface area contributed by atoms with Gasteiger partial charge < -0.3 is 10.5 Å². The Labute approximate surface area is 127 Å². The van der Waals surface area contributed by atoms with Gasteiger partial charge in [0.2, 0.25) is 10.0 Å². The van der Waals surface area contributed by atoms with Crippen molar-refractivity contribution < 1.29 is 13.2 Å². The zero-order chi connectivity index (χ0) is 15.8. The number of nitrogens with two attached hydrogens (primary N) is 1. The average molecular weight is 312 g/mol. The van der Waals surface area contributed by atoms with E-state index in [-0.39, 0.29) is 10.3 Å². The van der Waals surface area contributed by atoms with Crippen molar-refractivity contribution in [3.05, 3.63) is 17.7 Å². The SMILES string of the molecule is CN(CC(C)(C)C)S(=O)(=O)c1cc(N)cc2c1OCCC2. The number of rotatable bonds is 3. The van der Waals surface area contributed by atoms with Crippen molar-refractivity contribution in [1.82, 2.24) is 4.31 Å². The van der Waals surface area contributed by atoms with Gasteiger partial charge in [-0.2, -0.15) is 0 Å². The van der Waals surface area contributed by atoms with Gasteiger partial charge in [0, 0.05) is 19.3 Å². The van der Waals surface area contributed by atoms with Gasteiger partial charge in [-0.3, -0.25) is 0 Å². The van der Waals surface area contributed by atoms with E-state index in [0.717, 1.165) is 18.4 Å². The number of nitrogens with zero attached hydrogens (tertiary/aromatic N) is 1. The number of benzene rings is 1. The summed E-state index contributed by atoms with van der Waals surface area (Å²) in [6, 6.07) is 3.30. The third-order valence-electron chi connectivity index (χ3n) is 3.38. The van der Waals surface area contributed by atoms with Crippen molar-refractivity contribution in [1.29, 1.82) is 0 Å². The first-order chi connectivity index (χ1) is 9.61. The molecule has 21 heavy (non-hydrogen) atoms. The van der Waals surface area contributed by atoms with Gasteiger partial charge in [0.1, 0.15) is 10.6 Å². The number of sulfonamides is 1. The van der Waals surface area contributed by atoms with Gasteiger partial charge in [-0.1, -0.05) is 20.8 Å². The summed E-state index contributed by atoms with van der Waals surface area (Å²) in [5.74, 6) is 0.469. The van der Waals surface area contributed by atoms with E-state index in [9.17, 15) is 8.42 Å². The summed E-state index contributed by atoms with van der Waals surface area (Å²) in [6.07, 6.45) is 1.68. The Morgan fingerprint density at radius 2 is 2.00 bits per heavy atom. The van der Waals surface area contributed by atoms with Gasteiger partial charge in [0.15, 0.2) is 0 Å². The molecular formula is C15H24N2O3S. The fourth-order valence-electron chi connectivity index (χ4n) is 2.58. The predicted molar refractivity (Wildman–Crippen MR) is 83.9 cm³/mol. The van der Waals surface area contributed by atoms with Crippen molar-refractivity contribution in [2.24, 2.45) is 5.41 Å². The van der Waals surface area contributed by atoms with Crippen LogP contribution in [0.1, 0.15) is 32.8 Å². The highest BCUT2D eigenvalue weighted by Gasteiger charge is 2.30. The minimum Gasteiger partial charge on any atom is -0.492 e. The predicted octanol–water partition coefficient (Wildman–Crippen LogP) is 2.26. The lowest BCUT2D eigenvalue weighted by atomic mass is 9.97. The number of nitrogen functional groups attached to an aromatic ring is 1. The first kappa shape index (κ1) is 16.1. The first-order valence-electron chi connectivity index (χ1n) is 7.13. The van der Waals surface area contributed by atoms with E-state index in [0.29, 0.717) is 24.6 Å². The second-order valence-electron chi connectivity index (χ2n) is 6.78. The lowest BCUT2D eigenvalue weighted by molar-refractivity contribution is 0.277. The summed E-state index contributed by atoms with van der Waals surface area (Å²) in [5.41, 5.74) is 7.09. The lowest BCUT2D eigenvalue weighted by Crippen LogP contribution is -2.35. The molecule has 1 aromatic carbocycles. The minimum absolute atomic E-state index is 0.122. The maximum absolute atomic E-state index is 12.8. The fraction of sp³-hybridized carbons (Fsp3) is 0.600. The van der Waals surface area contributed by atoms with Crippen LogP contribution in [0.25, 0.3) is 0 Å². The second-order valence-corrected chi connectivity index (χ2v) is 8.79. The Bertz CT molecular complexity index is 633. The van der Waals surface area contributed by atoms with Crippen LogP contribution in [-0.4, -0.2) is 32.9 Å². The zero-order valence-electron chi connectivity index (χ0n) is 13.1. The van der Waals surface area contributed by atoms with E-state index in [1.807, 2.05) is 20.8 Å². The molecule has 2 N–H and O–H groups in total. The highest BCUT2D eigenvalue weighted by molar-refractivity contribution is 7.89. The monoisotopic (exact) mass is 312 g/mol. The minimum atomic E-state index is -3.61. The largest absolute Gasteiger partial charge is 0.492 e. The molecule has 1 aromatic rings. The molecule has 0 amide bonds. The summed E-state index contributed by atoms with van der Waals surface area (Å²) in [7, 11) is -2.01. The second kappa shape index (κ2) is 5.50. The van der Waals surface area contributed by atoms with Crippen molar-refractivity contribution in [3.8, 4) is 5.75 Å². The number of anilines is 1. The summed E-state index contributed by atoms with van der Waals surface area (Å²) < 4.78 is 32.6. The highest BCUT2D eigenvalue weighted by atomic mass is 32.2. The van der Waals surface area contributed by atoms with Gasteiger partial charge in [0.25, 0.3) is 0 Å². The lowest BCUT2D eigenvalue weighted by Gasteiger charge is -2.28. The molecule has 1 aliphatic heterocycles. The van der Waals surface area contributed by atoms with E-state index in [1.165, 1.54) is 10.4 Å². The van der Waals surface area contributed by atoms with Crippen molar-refractivity contribution in [2.75, 3.05) is 25.9 Å². The molecule has 0 aliphatic carbocycles. The van der Waals surface area contributed by atoms with Crippen LogP contribution in [0.3, 0.4) is 0 Å². The Hall–Kier alpha value is -1.27. The topological polar surface area (TPSA) is 72.6 Å². The quantitative estimate of drug-likeness (QED) is 0.869. The average Bonchev–Trinajstić information content (AvgIpc) is 2.35. The van der Waals surface area contributed by atoms with Crippen LogP contribution in [0, 0.1) is 5.41 Å². The molecule has 0 fully saturated rings. The van der Waals surface area contributed by atoms with Crippen LogP contribution in [0.5, 0.6) is 5.75 Å². The molecule has 0 radical (unpaired) electrons. The standard InChI is InChI=1S/C15H24N2O3S/c1-15(2,3)10-17(4)21(18,19)13-9-12(16)8-11-6-5-7-20-14(11)13/h8-9H,5-7,10,16H2,1-4H3. The van der Waals surface area contributed by atoms with Gasteiger partial charge in [-0.05, 0) is 36.0 Å². The van der Waals surface area contributed by atoms with Crippen molar-refractivity contribution in [2.45, 2.75) is 38.5 Å². The van der Waals surface area contributed by atoms with Crippen LogP contribution in [0.15, 0.2) is 17.0 Å². The Morgan fingerprint density at radius 1 is 1.33 bits per heavy atom. The maximum Gasteiger partial charge on any atom is 0.246 e. The van der Waals surface area contributed by atoms with Crippen molar-refractivity contribution in [3.63, 3.8) is 0 Å². The van der Waals surface area contributed by atoms with Crippen LogP contribution >= 0.6 is 0 Å². The highest BCUT2D eigenvalue weighted by Crippen LogP contribution is 2.36. The molecule has 1 aliphatic rings.